The second-order valence-corrected chi connectivity index (χ2v) is 8.64. The number of methoxy groups -OCH3 is 1. The van der Waals surface area contributed by atoms with Gasteiger partial charge >= 0.3 is 0 Å². The molecule has 0 spiro atoms. The van der Waals surface area contributed by atoms with Crippen molar-refractivity contribution in [1.82, 2.24) is 14.6 Å². The van der Waals surface area contributed by atoms with Crippen LogP contribution in [0.1, 0.15) is 50.4 Å². The van der Waals surface area contributed by atoms with Crippen molar-refractivity contribution in [3.63, 3.8) is 0 Å². The summed E-state index contributed by atoms with van der Waals surface area (Å²) in [6, 6.07) is 12.8. The minimum atomic E-state index is -0.412. The molecule has 0 N–H and O–H groups in total. The van der Waals surface area contributed by atoms with Crippen LogP contribution < -0.4 is 4.74 Å². The highest BCUT2D eigenvalue weighted by molar-refractivity contribution is 6.02. The van der Waals surface area contributed by atoms with E-state index in [9.17, 15) is 4.39 Å². The number of aliphatic imine (C=N–C) groups is 1. The molecule has 0 amide bonds. The van der Waals surface area contributed by atoms with Gasteiger partial charge in [0.25, 0.3) is 0 Å². The van der Waals surface area contributed by atoms with Crippen LogP contribution in [0.15, 0.2) is 65.6 Å². The van der Waals surface area contributed by atoms with Gasteiger partial charge in [0.2, 0.25) is 0 Å². The Balaban J connectivity index is 0.00000141. The second kappa shape index (κ2) is 10.4. The topological polar surface area (TPSA) is 51.9 Å². The molecule has 3 aromatic rings. The van der Waals surface area contributed by atoms with Crippen molar-refractivity contribution in [2.24, 2.45) is 4.99 Å². The number of imidazole rings is 1. The van der Waals surface area contributed by atoms with Crippen molar-refractivity contribution in [1.29, 1.82) is 0 Å². The Bertz CT molecular complexity index is 1230. The van der Waals surface area contributed by atoms with E-state index in [1.165, 1.54) is 12.1 Å². The summed E-state index contributed by atoms with van der Waals surface area (Å²) in [5.41, 5.74) is 4.63. The molecule has 2 aliphatic rings. The van der Waals surface area contributed by atoms with Crippen LogP contribution in [0.3, 0.4) is 0 Å². The maximum absolute atomic E-state index is 13.5. The first-order valence-electron chi connectivity index (χ1n) is 12.1. The first-order chi connectivity index (χ1) is 17.0. The van der Waals surface area contributed by atoms with Crippen LogP contribution in [-0.2, 0) is 10.4 Å². The van der Waals surface area contributed by atoms with Gasteiger partial charge in [-0.2, -0.15) is 0 Å². The van der Waals surface area contributed by atoms with E-state index in [0.29, 0.717) is 13.2 Å². The maximum Gasteiger partial charge on any atom is 0.152 e. The van der Waals surface area contributed by atoms with Crippen molar-refractivity contribution < 1.29 is 14.0 Å². The van der Waals surface area contributed by atoms with E-state index >= 15 is 0 Å². The van der Waals surface area contributed by atoms with Crippen LogP contribution in [-0.4, -0.2) is 40.7 Å². The fourth-order valence-corrected chi connectivity index (χ4v) is 4.53. The summed E-state index contributed by atoms with van der Waals surface area (Å²) in [5, 5.41) is 1.92. The van der Waals surface area contributed by atoms with E-state index in [0.717, 1.165) is 52.5 Å². The molecule has 7 heteroatoms. The monoisotopic (exact) mass is 476 g/mol. The zero-order chi connectivity index (χ0) is 25.0. The smallest absolute Gasteiger partial charge is 0.152 e. The van der Waals surface area contributed by atoms with Crippen molar-refractivity contribution in [3.05, 3.63) is 83.2 Å². The summed E-state index contributed by atoms with van der Waals surface area (Å²) in [6.07, 6.45) is 7.46. The van der Waals surface area contributed by atoms with Crippen LogP contribution in [0, 0.1) is 12.7 Å². The van der Waals surface area contributed by atoms with Crippen molar-refractivity contribution in [2.75, 3.05) is 20.3 Å². The first kappa shape index (κ1) is 24.7. The number of nitrogens with zero attached hydrogens (tertiary/aromatic N) is 4. The first-order valence-corrected chi connectivity index (χ1v) is 12.1. The van der Waals surface area contributed by atoms with E-state index < -0.39 is 5.54 Å². The Morgan fingerprint density at radius 1 is 1.14 bits per heavy atom. The standard InChI is InChI=1S/C26H27FN4O2.C2H6/c1-18-16-30(17-29-18)23-9-4-19(15-24(23)32-3)14-20-10-13-33-31-25(20)28-12-11-26(31,2)21-5-7-22(27)8-6-21;1-2/h4-9,14-17H,10-13H2,1-3H3;1-2H3/b20-14+;. The third-order valence-electron chi connectivity index (χ3n) is 6.38. The maximum atomic E-state index is 13.5. The van der Waals surface area contributed by atoms with Gasteiger partial charge in [-0.3, -0.25) is 9.83 Å². The zero-order valence-corrected chi connectivity index (χ0v) is 21.1. The molecule has 184 valence electrons. The van der Waals surface area contributed by atoms with Crippen molar-refractivity contribution >= 4 is 11.9 Å². The highest BCUT2D eigenvalue weighted by Gasteiger charge is 2.42. The van der Waals surface area contributed by atoms with E-state index in [1.54, 1.807) is 13.4 Å². The Morgan fingerprint density at radius 3 is 2.60 bits per heavy atom. The number of aryl methyl sites for hydroxylation is 1. The highest BCUT2D eigenvalue weighted by atomic mass is 19.1. The third kappa shape index (κ3) is 4.86. The number of hydrogen-bond donors (Lipinski definition) is 0. The number of rotatable bonds is 4. The van der Waals surface area contributed by atoms with Gasteiger partial charge < -0.3 is 9.30 Å². The molecular formula is C28H33FN4O2. The number of aromatic nitrogens is 2. The summed E-state index contributed by atoms with van der Waals surface area (Å²) >= 11 is 0. The van der Waals surface area contributed by atoms with E-state index in [1.807, 2.05) is 60.9 Å². The van der Waals surface area contributed by atoms with Gasteiger partial charge in [-0.1, -0.05) is 32.0 Å². The molecule has 1 aromatic heterocycles. The van der Waals surface area contributed by atoms with Crippen LogP contribution in [0.4, 0.5) is 4.39 Å². The highest BCUT2D eigenvalue weighted by Crippen LogP contribution is 2.39. The summed E-state index contributed by atoms with van der Waals surface area (Å²) in [7, 11) is 1.68. The van der Waals surface area contributed by atoms with E-state index in [2.05, 4.69) is 24.1 Å². The number of hydroxylamine groups is 2. The summed E-state index contributed by atoms with van der Waals surface area (Å²) in [4.78, 5) is 15.2. The van der Waals surface area contributed by atoms with Gasteiger partial charge in [0.05, 0.1) is 37.0 Å². The number of ether oxygens (including phenoxy) is 1. The van der Waals surface area contributed by atoms with Crippen LogP contribution in [0.2, 0.25) is 0 Å². The largest absolute Gasteiger partial charge is 0.495 e. The number of hydrogen-bond acceptors (Lipinski definition) is 5. The quantitative estimate of drug-likeness (QED) is 0.457. The SMILES string of the molecule is CC.COc1cc(/C=C2\CCON3C2=NCCC3(C)c2ccc(F)cc2)ccc1-n1cnc(C)c1. The lowest BCUT2D eigenvalue weighted by molar-refractivity contribution is -0.177. The Labute approximate surface area is 206 Å². The minimum Gasteiger partial charge on any atom is -0.495 e. The van der Waals surface area contributed by atoms with Gasteiger partial charge in [-0.05, 0) is 67.3 Å². The summed E-state index contributed by atoms with van der Waals surface area (Å²) < 4.78 is 21.2. The van der Waals surface area contributed by atoms with E-state index in [-0.39, 0.29) is 5.82 Å². The molecule has 2 aliphatic heterocycles. The van der Waals surface area contributed by atoms with E-state index in [4.69, 9.17) is 14.6 Å². The number of benzene rings is 2. The summed E-state index contributed by atoms with van der Waals surface area (Å²) in [5.74, 6) is 1.37. The fraction of sp³-hybridized carbons (Fsp3) is 0.357. The molecule has 3 heterocycles. The number of amidine groups is 1. The molecule has 6 nitrogen and oxygen atoms in total. The normalized spacial score (nSPS) is 20.6. The predicted octanol–water partition coefficient (Wildman–Crippen LogP) is 6.09. The molecule has 1 atom stereocenters. The minimum absolute atomic E-state index is 0.240. The average molecular weight is 477 g/mol. The van der Waals surface area contributed by atoms with Gasteiger partial charge in [0.15, 0.2) is 5.84 Å². The summed E-state index contributed by atoms with van der Waals surface area (Å²) in [6.45, 7) is 9.33. The molecule has 35 heavy (non-hydrogen) atoms. The molecular weight excluding hydrogens is 443 g/mol. The lowest BCUT2D eigenvalue weighted by atomic mass is 9.85. The van der Waals surface area contributed by atoms with Crippen LogP contribution in [0.5, 0.6) is 5.75 Å². The van der Waals surface area contributed by atoms with Gasteiger partial charge in [-0.25, -0.2) is 14.4 Å². The molecule has 0 aliphatic carbocycles. The van der Waals surface area contributed by atoms with Crippen molar-refractivity contribution in [3.8, 4) is 11.4 Å². The molecule has 0 bridgehead atoms. The average Bonchev–Trinajstić information content (AvgIpc) is 3.32. The number of halogens is 1. The molecule has 2 aromatic carbocycles. The van der Waals surface area contributed by atoms with Crippen LogP contribution >= 0.6 is 0 Å². The third-order valence-corrected chi connectivity index (χ3v) is 6.38. The molecule has 1 fully saturated rings. The van der Waals surface area contributed by atoms with Crippen LogP contribution in [0.25, 0.3) is 11.8 Å². The fourth-order valence-electron chi connectivity index (χ4n) is 4.53. The lowest BCUT2D eigenvalue weighted by Gasteiger charge is -2.47. The molecule has 1 unspecified atom stereocenters. The molecule has 0 radical (unpaired) electrons. The van der Waals surface area contributed by atoms with Gasteiger partial charge in [-0.15, -0.1) is 0 Å². The molecule has 0 saturated carbocycles. The van der Waals surface area contributed by atoms with Gasteiger partial charge in [0, 0.05) is 19.2 Å². The predicted molar refractivity (Wildman–Crippen MR) is 137 cm³/mol. The molecule has 1 saturated heterocycles. The van der Waals surface area contributed by atoms with Gasteiger partial charge in [0.1, 0.15) is 11.6 Å². The van der Waals surface area contributed by atoms with Crippen molar-refractivity contribution in [2.45, 2.75) is 46.1 Å². The zero-order valence-electron chi connectivity index (χ0n) is 21.1. The Kier molecular flexibility index (Phi) is 7.36. The molecule has 5 rings (SSSR count). The lowest BCUT2D eigenvalue weighted by Crippen LogP contribution is -2.53. The second-order valence-electron chi connectivity index (χ2n) is 8.64. The Morgan fingerprint density at radius 2 is 1.91 bits per heavy atom. The Hall–Kier alpha value is -3.45. The number of fused-ring (bicyclic) bond motifs is 1.